The number of hydrogen-bond acceptors (Lipinski definition) is 3. The Hall–Kier alpha value is -2.92. The van der Waals surface area contributed by atoms with Crippen molar-refractivity contribution in [1.29, 1.82) is 0 Å². The van der Waals surface area contributed by atoms with Gasteiger partial charge in [0.25, 0.3) is 5.91 Å². The van der Waals surface area contributed by atoms with Gasteiger partial charge in [-0.05, 0) is 18.6 Å². The van der Waals surface area contributed by atoms with E-state index in [0.717, 1.165) is 22.2 Å². The van der Waals surface area contributed by atoms with Crippen LogP contribution in [0, 0.1) is 6.92 Å². The minimum absolute atomic E-state index is 0.531. The smallest absolute Gasteiger partial charge is 0.273 e. The molecule has 1 heterocycles. The fourth-order valence-electron chi connectivity index (χ4n) is 2.47. The highest BCUT2D eigenvalue weighted by Crippen LogP contribution is 2.19. The summed E-state index contributed by atoms with van der Waals surface area (Å²) in [5.41, 5.74) is 5.80. The highest BCUT2D eigenvalue weighted by Gasteiger charge is 2.16. The van der Waals surface area contributed by atoms with Crippen molar-refractivity contribution in [2.45, 2.75) is 13.0 Å². The van der Waals surface area contributed by atoms with Crippen LogP contribution in [0.5, 0.6) is 0 Å². The Morgan fingerprint density at radius 3 is 2.65 bits per heavy atom. The van der Waals surface area contributed by atoms with Crippen molar-refractivity contribution in [2.75, 3.05) is 0 Å². The average Bonchev–Trinajstić information content (AvgIpc) is 2.90. The van der Waals surface area contributed by atoms with Crippen molar-refractivity contribution in [1.82, 2.24) is 10.4 Å². The summed E-state index contributed by atoms with van der Waals surface area (Å²) in [6, 6.07) is 16.6. The van der Waals surface area contributed by atoms with E-state index in [1.165, 1.54) is 0 Å². The summed E-state index contributed by atoms with van der Waals surface area (Å²) in [6.07, 6.45) is 0.349. The number of hydrogen-bond donors (Lipinski definition) is 3. The van der Waals surface area contributed by atoms with E-state index in [1.807, 2.05) is 37.3 Å². The number of aromatic amines is 1. The molecule has 0 radical (unpaired) electrons. The second kappa shape index (κ2) is 6.46. The molecule has 23 heavy (non-hydrogen) atoms. The SMILES string of the molecule is Cc1[nH]c2ccccc2c1/C=N/NC(=O)C(O)c1ccccc1. The van der Waals surface area contributed by atoms with Crippen molar-refractivity contribution < 1.29 is 9.90 Å². The maximum atomic E-state index is 11.9. The maximum absolute atomic E-state index is 11.9. The van der Waals surface area contributed by atoms with Crippen molar-refractivity contribution in [3.05, 3.63) is 71.4 Å². The number of aliphatic hydroxyl groups excluding tert-OH is 1. The fourth-order valence-corrected chi connectivity index (χ4v) is 2.47. The molecule has 0 fully saturated rings. The second-order valence-electron chi connectivity index (χ2n) is 5.26. The number of hydrazone groups is 1. The first kappa shape index (κ1) is 15.0. The van der Waals surface area contributed by atoms with E-state index in [2.05, 4.69) is 15.5 Å². The predicted octanol–water partition coefficient (Wildman–Crippen LogP) is 2.66. The van der Waals surface area contributed by atoms with Gasteiger partial charge in [-0.3, -0.25) is 4.79 Å². The van der Waals surface area contributed by atoms with Crippen molar-refractivity contribution in [3.8, 4) is 0 Å². The Labute approximate surface area is 133 Å². The molecular weight excluding hydrogens is 290 g/mol. The van der Waals surface area contributed by atoms with Gasteiger partial charge in [-0.1, -0.05) is 48.5 Å². The van der Waals surface area contributed by atoms with Gasteiger partial charge in [0.15, 0.2) is 6.10 Å². The van der Waals surface area contributed by atoms with E-state index in [9.17, 15) is 9.90 Å². The number of aryl methyl sites for hydroxylation is 1. The third-order valence-electron chi connectivity index (χ3n) is 3.68. The minimum atomic E-state index is -1.24. The number of fused-ring (bicyclic) bond motifs is 1. The summed E-state index contributed by atoms with van der Waals surface area (Å²) in [6.45, 7) is 1.95. The van der Waals surface area contributed by atoms with Crippen LogP contribution in [0.25, 0.3) is 10.9 Å². The lowest BCUT2D eigenvalue weighted by atomic mass is 10.1. The molecule has 1 unspecified atom stereocenters. The first-order valence-corrected chi connectivity index (χ1v) is 7.30. The van der Waals surface area contributed by atoms with E-state index in [4.69, 9.17) is 0 Å². The molecule has 5 heteroatoms. The van der Waals surface area contributed by atoms with Crippen LogP contribution in [0.2, 0.25) is 0 Å². The van der Waals surface area contributed by atoms with Gasteiger partial charge < -0.3 is 10.1 Å². The Kier molecular flexibility index (Phi) is 4.21. The van der Waals surface area contributed by atoms with Crippen LogP contribution in [-0.2, 0) is 4.79 Å². The summed E-state index contributed by atoms with van der Waals surface area (Å²) < 4.78 is 0. The van der Waals surface area contributed by atoms with Gasteiger partial charge in [-0.15, -0.1) is 0 Å². The molecule has 1 aromatic heterocycles. The number of carbonyl (C=O) groups excluding carboxylic acids is 1. The van der Waals surface area contributed by atoms with Crippen LogP contribution in [0.15, 0.2) is 59.7 Å². The lowest BCUT2D eigenvalue weighted by molar-refractivity contribution is -0.129. The van der Waals surface area contributed by atoms with Crippen LogP contribution >= 0.6 is 0 Å². The third kappa shape index (κ3) is 3.14. The largest absolute Gasteiger partial charge is 0.378 e. The van der Waals surface area contributed by atoms with E-state index in [0.29, 0.717) is 5.56 Å². The maximum Gasteiger partial charge on any atom is 0.273 e. The van der Waals surface area contributed by atoms with Crippen molar-refractivity contribution in [3.63, 3.8) is 0 Å². The third-order valence-corrected chi connectivity index (χ3v) is 3.68. The quantitative estimate of drug-likeness (QED) is 0.512. The van der Waals surface area contributed by atoms with Crippen LogP contribution < -0.4 is 5.43 Å². The molecule has 3 rings (SSSR count). The zero-order valence-corrected chi connectivity index (χ0v) is 12.7. The Bertz CT molecular complexity index is 853. The van der Waals surface area contributed by atoms with Gasteiger partial charge in [0.1, 0.15) is 0 Å². The zero-order valence-electron chi connectivity index (χ0n) is 12.7. The molecule has 3 aromatic rings. The molecule has 0 aliphatic rings. The van der Waals surface area contributed by atoms with Gasteiger partial charge in [-0.25, -0.2) is 5.43 Å². The van der Waals surface area contributed by atoms with Gasteiger partial charge >= 0.3 is 0 Å². The lowest BCUT2D eigenvalue weighted by Crippen LogP contribution is -2.25. The zero-order chi connectivity index (χ0) is 16.2. The van der Waals surface area contributed by atoms with Crippen LogP contribution in [0.3, 0.4) is 0 Å². The molecule has 0 saturated heterocycles. The standard InChI is InChI=1S/C18H17N3O2/c1-12-15(14-9-5-6-10-16(14)20-12)11-19-21-18(23)17(22)13-7-3-2-4-8-13/h2-11,17,20,22H,1H3,(H,21,23)/b19-11+. The summed E-state index contributed by atoms with van der Waals surface area (Å²) in [5.74, 6) is -0.565. The number of para-hydroxylation sites is 1. The Morgan fingerprint density at radius 2 is 1.87 bits per heavy atom. The topological polar surface area (TPSA) is 77.5 Å². The molecule has 3 N–H and O–H groups in total. The van der Waals surface area contributed by atoms with E-state index >= 15 is 0 Å². The monoisotopic (exact) mass is 307 g/mol. The minimum Gasteiger partial charge on any atom is -0.378 e. The molecule has 0 spiro atoms. The van der Waals surface area contributed by atoms with Crippen LogP contribution in [0.1, 0.15) is 22.9 Å². The lowest BCUT2D eigenvalue weighted by Gasteiger charge is -2.08. The second-order valence-corrected chi connectivity index (χ2v) is 5.26. The Balaban J connectivity index is 1.73. The van der Waals surface area contributed by atoms with Gasteiger partial charge in [-0.2, -0.15) is 5.10 Å². The summed E-state index contributed by atoms with van der Waals surface area (Å²) in [7, 11) is 0. The first-order chi connectivity index (χ1) is 11.2. The van der Waals surface area contributed by atoms with Crippen LogP contribution in [0.4, 0.5) is 0 Å². The highest BCUT2D eigenvalue weighted by atomic mass is 16.3. The first-order valence-electron chi connectivity index (χ1n) is 7.30. The molecule has 0 aliphatic carbocycles. The normalized spacial score (nSPS) is 12.6. The molecule has 0 bridgehead atoms. The number of nitrogens with zero attached hydrogens (tertiary/aromatic N) is 1. The van der Waals surface area contributed by atoms with Crippen LogP contribution in [-0.4, -0.2) is 22.2 Å². The number of H-pyrrole nitrogens is 1. The van der Waals surface area contributed by atoms with E-state index < -0.39 is 12.0 Å². The molecule has 1 atom stereocenters. The number of rotatable bonds is 4. The van der Waals surface area contributed by atoms with Gasteiger partial charge in [0, 0.05) is 22.2 Å². The highest BCUT2D eigenvalue weighted by molar-refractivity contribution is 6.00. The summed E-state index contributed by atoms with van der Waals surface area (Å²) in [4.78, 5) is 15.2. The molecule has 1 amide bonds. The molecule has 116 valence electrons. The van der Waals surface area contributed by atoms with E-state index in [1.54, 1.807) is 30.5 Å². The molecule has 2 aromatic carbocycles. The molecule has 0 aliphatic heterocycles. The van der Waals surface area contributed by atoms with Crippen molar-refractivity contribution in [2.24, 2.45) is 5.10 Å². The molecule has 0 saturated carbocycles. The molecular formula is C18H17N3O2. The number of benzene rings is 2. The van der Waals surface area contributed by atoms with Gasteiger partial charge in [0.2, 0.25) is 0 Å². The number of carbonyl (C=O) groups is 1. The summed E-state index contributed by atoms with van der Waals surface area (Å²) in [5, 5.41) is 15.0. The number of aromatic nitrogens is 1. The van der Waals surface area contributed by atoms with Gasteiger partial charge in [0.05, 0.1) is 6.21 Å². The molecule has 5 nitrogen and oxygen atoms in total. The predicted molar refractivity (Wildman–Crippen MR) is 90.2 cm³/mol. The summed E-state index contributed by atoms with van der Waals surface area (Å²) >= 11 is 0. The average molecular weight is 307 g/mol. The number of aliphatic hydroxyl groups is 1. The number of nitrogens with one attached hydrogen (secondary N) is 2. The Morgan fingerprint density at radius 1 is 1.17 bits per heavy atom. The fraction of sp³-hybridized carbons (Fsp3) is 0.111. The van der Waals surface area contributed by atoms with E-state index in [-0.39, 0.29) is 0 Å². The van der Waals surface area contributed by atoms with Crippen molar-refractivity contribution >= 4 is 23.0 Å². The number of amides is 1.